The molecule has 0 atom stereocenters. The molecule has 0 aliphatic rings. The third kappa shape index (κ3) is 4.16. The van der Waals surface area contributed by atoms with Crippen LogP contribution in [0.5, 0.6) is 5.75 Å². The van der Waals surface area contributed by atoms with Gasteiger partial charge in [-0.25, -0.2) is 4.39 Å². The molecule has 1 rings (SSSR count). The van der Waals surface area contributed by atoms with Gasteiger partial charge in [-0.15, -0.1) is 0 Å². The minimum absolute atomic E-state index is 0.267. The van der Waals surface area contributed by atoms with E-state index in [9.17, 15) is 4.39 Å². The standard InChI is InChI=1S/C11H17FN2O/c1-14(2)6-3-7-15-11-5-4-9(13)8-10(11)12/h4-5,8H,3,6-7,13H2,1-2H3. The molecule has 0 saturated heterocycles. The Morgan fingerprint density at radius 3 is 2.73 bits per heavy atom. The first-order valence-corrected chi connectivity index (χ1v) is 4.92. The van der Waals surface area contributed by atoms with Crippen LogP contribution in [-0.4, -0.2) is 32.1 Å². The van der Waals surface area contributed by atoms with E-state index in [0.29, 0.717) is 12.3 Å². The highest BCUT2D eigenvalue weighted by Gasteiger charge is 2.02. The van der Waals surface area contributed by atoms with Crippen molar-refractivity contribution in [3.05, 3.63) is 24.0 Å². The molecular formula is C11H17FN2O. The van der Waals surface area contributed by atoms with Gasteiger partial charge in [-0.3, -0.25) is 0 Å². The average Bonchev–Trinajstić information content (AvgIpc) is 2.14. The molecular weight excluding hydrogens is 195 g/mol. The lowest BCUT2D eigenvalue weighted by Crippen LogP contribution is -2.15. The second kappa shape index (κ2) is 5.56. The highest BCUT2D eigenvalue weighted by molar-refractivity contribution is 5.42. The quantitative estimate of drug-likeness (QED) is 0.597. The third-order valence-electron chi connectivity index (χ3n) is 1.96. The lowest BCUT2D eigenvalue weighted by atomic mass is 10.3. The average molecular weight is 212 g/mol. The minimum atomic E-state index is -0.403. The summed E-state index contributed by atoms with van der Waals surface area (Å²) >= 11 is 0. The molecule has 0 unspecified atom stereocenters. The molecule has 0 heterocycles. The highest BCUT2D eigenvalue weighted by atomic mass is 19.1. The zero-order valence-corrected chi connectivity index (χ0v) is 9.16. The first-order chi connectivity index (χ1) is 7.09. The van der Waals surface area contributed by atoms with Crippen molar-refractivity contribution >= 4 is 5.69 Å². The summed E-state index contributed by atoms with van der Waals surface area (Å²) in [5, 5.41) is 0. The van der Waals surface area contributed by atoms with Gasteiger partial charge in [-0.2, -0.15) is 0 Å². The molecule has 0 aromatic heterocycles. The van der Waals surface area contributed by atoms with E-state index in [0.717, 1.165) is 13.0 Å². The molecule has 0 aliphatic heterocycles. The molecule has 0 bridgehead atoms. The van der Waals surface area contributed by atoms with Crippen LogP contribution >= 0.6 is 0 Å². The Balaban J connectivity index is 2.37. The summed E-state index contributed by atoms with van der Waals surface area (Å²) < 4.78 is 18.5. The number of nitrogen functional groups attached to an aromatic ring is 1. The van der Waals surface area contributed by atoms with Gasteiger partial charge in [0.05, 0.1) is 6.61 Å². The number of nitrogens with zero attached hydrogens (tertiary/aromatic N) is 1. The molecule has 1 aromatic carbocycles. The lowest BCUT2D eigenvalue weighted by Gasteiger charge is -2.10. The number of hydrogen-bond acceptors (Lipinski definition) is 3. The predicted octanol–water partition coefficient (Wildman–Crippen LogP) is 1.74. The Morgan fingerprint density at radius 1 is 1.40 bits per heavy atom. The van der Waals surface area contributed by atoms with Gasteiger partial charge in [-0.1, -0.05) is 0 Å². The fourth-order valence-corrected chi connectivity index (χ4v) is 1.20. The van der Waals surface area contributed by atoms with Crippen molar-refractivity contribution in [1.29, 1.82) is 0 Å². The summed E-state index contributed by atoms with van der Waals surface area (Å²) in [6, 6.07) is 4.45. The van der Waals surface area contributed by atoms with Gasteiger partial charge in [0.15, 0.2) is 11.6 Å². The highest BCUT2D eigenvalue weighted by Crippen LogP contribution is 2.19. The Morgan fingerprint density at radius 2 is 2.13 bits per heavy atom. The van der Waals surface area contributed by atoms with Crippen LogP contribution in [0.2, 0.25) is 0 Å². The van der Waals surface area contributed by atoms with Crippen LogP contribution in [0.15, 0.2) is 18.2 Å². The number of nitrogens with two attached hydrogens (primary N) is 1. The molecule has 1 aromatic rings. The lowest BCUT2D eigenvalue weighted by molar-refractivity contribution is 0.271. The van der Waals surface area contributed by atoms with Gasteiger partial charge in [0.25, 0.3) is 0 Å². The summed E-state index contributed by atoms with van der Waals surface area (Å²) in [5.41, 5.74) is 5.83. The smallest absolute Gasteiger partial charge is 0.167 e. The number of anilines is 1. The Kier molecular flexibility index (Phi) is 4.37. The van der Waals surface area contributed by atoms with Crippen LogP contribution in [0.25, 0.3) is 0 Å². The normalized spacial score (nSPS) is 10.7. The summed E-state index contributed by atoms with van der Waals surface area (Å²) in [7, 11) is 3.98. The van der Waals surface area contributed by atoms with Gasteiger partial charge in [0.1, 0.15) is 0 Å². The largest absolute Gasteiger partial charge is 0.490 e. The first-order valence-electron chi connectivity index (χ1n) is 4.92. The fraction of sp³-hybridized carbons (Fsp3) is 0.455. The zero-order valence-electron chi connectivity index (χ0n) is 9.16. The summed E-state index contributed by atoms with van der Waals surface area (Å²) in [5.74, 6) is -0.136. The predicted molar refractivity (Wildman–Crippen MR) is 59.5 cm³/mol. The molecule has 0 saturated carbocycles. The minimum Gasteiger partial charge on any atom is -0.490 e. The Bertz CT molecular complexity index is 315. The fourth-order valence-electron chi connectivity index (χ4n) is 1.20. The van der Waals surface area contributed by atoms with E-state index in [1.54, 1.807) is 12.1 Å². The van der Waals surface area contributed by atoms with E-state index in [-0.39, 0.29) is 5.75 Å². The molecule has 0 aliphatic carbocycles. The van der Waals surface area contributed by atoms with E-state index < -0.39 is 5.82 Å². The monoisotopic (exact) mass is 212 g/mol. The topological polar surface area (TPSA) is 38.5 Å². The second-order valence-electron chi connectivity index (χ2n) is 3.70. The van der Waals surface area contributed by atoms with Crippen molar-refractivity contribution in [2.24, 2.45) is 0 Å². The van der Waals surface area contributed by atoms with E-state index in [1.165, 1.54) is 6.07 Å². The van der Waals surface area contributed by atoms with Gasteiger partial charge in [-0.05, 0) is 32.6 Å². The third-order valence-corrected chi connectivity index (χ3v) is 1.96. The van der Waals surface area contributed by atoms with Crippen molar-refractivity contribution < 1.29 is 9.13 Å². The van der Waals surface area contributed by atoms with E-state index in [1.807, 2.05) is 14.1 Å². The van der Waals surface area contributed by atoms with Crippen molar-refractivity contribution in [2.75, 3.05) is 33.0 Å². The molecule has 2 N–H and O–H groups in total. The maximum atomic E-state index is 13.2. The van der Waals surface area contributed by atoms with Crippen molar-refractivity contribution in [3.8, 4) is 5.75 Å². The SMILES string of the molecule is CN(C)CCCOc1ccc(N)cc1F. The van der Waals surface area contributed by atoms with Crippen molar-refractivity contribution in [3.63, 3.8) is 0 Å². The van der Waals surface area contributed by atoms with Gasteiger partial charge in [0.2, 0.25) is 0 Å². The summed E-state index contributed by atoms with van der Waals surface area (Å²) in [4.78, 5) is 2.06. The maximum Gasteiger partial charge on any atom is 0.167 e. The van der Waals surface area contributed by atoms with Crippen LogP contribution in [0, 0.1) is 5.82 Å². The number of rotatable bonds is 5. The molecule has 0 radical (unpaired) electrons. The van der Waals surface area contributed by atoms with Crippen LogP contribution < -0.4 is 10.5 Å². The zero-order chi connectivity index (χ0) is 11.3. The van der Waals surface area contributed by atoms with E-state index in [4.69, 9.17) is 10.5 Å². The number of ether oxygens (including phenoxy) is 1. The van der Waals surface area contributed by atoms with Crippen LogP contribution in [0.4, 0.5) is 10.1 Å². The van der Waals surface area contributed by atoms with Gasteiger partial charge in [0, 0.05) is 18.3 Å². The van der Waals surface area contributed by atoms with Crippen molar-refractivity contribution in [1.82, 2.24) is 4.90 Å². The number of hydrogen-bond donors (Lipinski definition) is 1. The number of halogens is 1. The van der Waals surface area contributed by atoms with E-state index in [2.05, 4.69) is 4.90 Å². The van der Waals surface area contributed by atoms with Crippen LogP contribution in [0.3, 0.4) is 0 Å². The van der Waals surface area contributed by atoms with E-state index >= 15 is 0 Å². The molecule has 3 nitrogen and oxygen atoms in total. The molecule has 0 amide bonds. The van der Waals surface area contributed by atoms with Gasteiger partial charge >= 0.3 is 0 Å². The first kappa shape index (κ1) is 11.8. The molecule has 84 valence electrons. The van der Waals surface area contributed by atoms with Gasteiger partial charge < -0.3 is 15.4 Å². The molecule has 0 fully saturated rings. The molecule has 15 heavy (non-hydrogen) atoms. The second-order valence-corrected chi connectivity index (χ2v) is 3.70. The van der Waals surface area contributed by atoms with Crippen molar-refractivity contribution in [2.45, 2.75) is 6.42 Å². The van der Waals surface area contributed by atoms with Crippen LogP contribution in [0.1, 0.15) is 6.42 Å². The molecule has 4 heteroatoms. The Labute approximate surface area is 89.6 Å². The number of benzene rings is 1. The molecule has 0 spiro atoms. The van der Waals surface area contributed by atoms with Crippen LogP contribution in [-0.2, 0) is 0 Å². The summed E-state index contributed by atoms with van der Waals surface area (Å²) in [6.45, 7) is 1.44. The maximum absolute atomic E-state index is 13.2. The summed E-state index contributed by atoms with van der Waals surface area (Å²) in [6.07, 6.45) is 0.872. The Hall–Kier alpha value is -1.29.